The van der Waals surface area contributed by atoms with Crippen LogP contribution < -0.4 is 10.6 Å². The van der Waals surface area contributed by atoms with Crippen LogP contribution in [-0.4, -0.2) is 29.8 Å². The molecular weight excluding hydrogens is 204 g/mol. The summed E-state index contributed by atoms with van der Waals surface area (Å²) in [7, 11) is 0. The Labute approximate surface area is 98.8 Å². The van der Waals surface area contributed by atoms with Crippen molar-refractivity contribution in [3.63, 3.8) is 0 Å². The zero-order valence-corrected chi connectivity index (χ0v) is 11.0. The highest BCUT2D eigenvalue weighted by Gasteiger charge is 2.24. The second-order valence-corrected chi connectivity index (χ2v) is 5.03. The van der Waals surface area contributed by atoms with E-state index >= 15 is 0 Å². The Balaban J connectivity index is 3.92. The molecule has 0 aliphatic heterocycles. The molecule has 4 nitrogen and oxygen atoms in total. The topological polar surface area (TPSA) is 61.4 Å². The van der Waals surface area contributed by atoms with Gasteiger partial charge in [-0.25, -0.2) is 4.79 Å². The Hall–Kier alpha value is -0.770. The van der Waals surface area contributed by atoms with E-state index in [1.165, 1.54) is 0 Å². The van der Waals surface area contributed by atoms with Crippen molar-refractivity contribution in [3.8, 4) is 0 Å². The number of hydrogen-bond donors (Lipinski definition) is 3. The molecule has 0 aromatic carbocycles. The number of aliphatic hydroxyl groups excluding tert-OH is 1. The van der Waals surface area contributed by atoms with Gasteiger partial charge in [0.25, 0.3) is 0 Å². The van der Waals surface area contributed by atoms with Crippen LogP contribution >= 0.6 is 0 Å². The van der Waals surface area contributed by atoms with Crippen LogP contribution in [0.1, 0.15) is 47.0 Å². The van der Waals surface area contributed by atoms with Crippen molar-refractivity contribution in [2.45, 2.75) is 52.5 Å². The molecule has 0 bridgehead atoms. The van der Waals surface area contributed by atoms with Crippen molar-refractivity contribution >= 4 is 6.03 Å². The van der Waals surface area contributed by atoms with Crippen LogP contribution in [0.25, 0.3) is 0 Å². The van der Waals surface area contributed by atoms with E-state index in [2.05, 4.69) is 24.5 Å². The van der Waals surface area contributed by atoms with Crippen LogP contribution in [-0.2, 0) is 0 Å². The van der Waals surface area contributed by atoms with Crippen molar-refractivity contribution in [1.29, 1.82) is 0 Å². The molecule has 0 aliphatic rings. The smallest absolute Gasteiger partial charge is 0.315 e. The Bertz CT molecular complexity index is 207. The third kappa shape index (κ3) is 6.67. The summed E-state index contributed by atoms with van der Waals surface area (Å²) in [5.74, 6) is 0.583. The van der Waals surface area contributed by atoms with Crippen LogP contribution in [0, 0.1) is 5.92 Å². The van der Waals surface area contributed by atoms with E-state index < -0.39 is 5.54 Å². The Morgan fingerprint density at radius 1 is 1.44 bits per heavy atom. The summed E-state index contributed by atoms with van der Waals surface area (Å²) in [4.78, 5) is 11.5. The molecule has 1 unspecified atom stereocenters. The standard InChI is InChI=1S/C12H26N2O2/c1-5-7-12(4,9-15)14-11(16)13-8-6-10(2)3/h10,15H,5-9H2,1-4H3,(H2,13,14,16). The van der Waals surface area contributed by atoms with Crippen molar-refractivity contribution < 1.29 is 9.90 Å². The molecule has 0 saturated carbocycles. The largest absolute Gasteiger partial charge is 0.394 e. The van der Waals surface area contributed by atoms with E-state index in [9.17, 15) is 9.90 Å². The lowest BCUT2D eigenvalue weighted by atomic mass is 9.98. The van der Waals surface area contributed by atoms with Gasteiger partial charge < -0.3 is 15.7 Å². The Morgan fingerprint density at radius 2 is 2.06 bits per heavy atom. The monoisotopic (exact) mass is 230 g/mol. The summed E-state index contributed by atoms with van der Waals surface area (Å²) in [5.41, 5.74) is -0.503. The van der Waals surface area contributed by atoms with Crippen LogP contribution in [0.2, 0.25) is 0 Å². The first-order chi connectivity index (χ1) is 7.43. The summed E-state index contributed by atoms with van der Waals surface area (Å²) in [5, 5.41) is 14.9. The molecule has 4 heteroatoms. The summed E-state index contributed by atoms with van der Waals surface area (Å²) < 4.78 is 0. The van der Waals surface area contributed by atoms with Crippen molar-refractivity contribution in [2.24, 2.45) is 5.92 Å². The predicted octanol–water partition coefficient (Wildman–Crippen LogP) is 1.88. The number of urea groups is 1. The first-order valence-electron chi connectivity index (χ1n) is 6.10. The number of rotatable bonds is 7. The van der Waals surface area contributed by atoms with Gasteiger partial charge in [0.2, 0.25) is 0 Å². The average molecular weight is 230 g/mol. The third-order valence-corrected chi connectivity index (χ3v) is 2.57. The summed E-state index contributed by atoms with van der Waals surface area (Å²) in [6.45, 7) is 8.78. The number of hydrogen-bond acceptors (Lipinski definition) is 2. The number of carbonyl (C=O) groups excluding carboxylic acids is 1. The van der Waals surface area contributed by atoms with Gasteiger partial charge in [-0.3, -0.25) is 0 Å². The molecule has 0 radical (unpaired) electrons. The number of carbonyl (C=O) groups is 1. The first kappa shape index (κ1) is 15.2. The quantitative estimate of drug-likeness (QED) is 0.625. The van der Waals surface area contributed by atoms with Crippen LogP contribution in [0.5, 0.6) is 0 Å². The maximum absolute atomic E-state index is 11.5. The first-order valence-corrected chi connectivity index (χ1v) is 6.10. The van der Waals surface area contributed by atoms with Gasteiger partial charge >= 0.3 is 6.03 Å². The van der Waals surface area contributed by atoms with E-state index in [-0.39, 0.29) is 12.6 Å². The molecular formula is C12H26N2O2. The second-order valence-electron chi connectivity index (χ2n) is 5.03. The van der Waals surface area contributed by atoms with E-state index in [0.717, 1.165) is 19.3 Å². The van der Waals surface area contributed by atoms with Gasteiger partial charge in [0, 0.05) is 6.54 Å². The zero-order chi connectivity index (χ0) is 12.6. The highest BCUT2D eigenvalue weighted by atomic mass is 16.3. The van der Waals surface area contributed by atoms with Gasteiger partial charge in [0.05, 0.1) is 12.1 Å². The summed E-state index contributed by atoms with van der Waals surface area (Å²) in [6.07, 6.45) is 2.68. The maximum atomic E-state index is 11.5. The predicted molar refractivity (Wildman–Crippen MR) is 66.4 cm³/mol. The number of nitrogens with one attached hydrogen (secondary N) is 2. The minimum atomic E-state index is -0.503. The van der Waals surface area contributed by atoms with Crippen LogP contribution in [0.4, 0.5) is 4.79 Å². The van der Waals surface area contributed by atoms with E-state index in [0.29, 0.717) is 12.5 Å². The maximum Gasteiger partial charge on any atom is 0.315 e. The van der Waals surface area contributed by atoms with Gasteiger partial charge in [0.1, 0.15) is 0 Å². The minimum Gasteiger partial charge on any atom is -0.394 e. The molecule has 96 valence electrons. The normalized spacial score (nSPS) is 14.6. The highest BCUT2D eigenvalue weighted by molar-refractivity contribution is 5.74. The Kier molecular flexibility index (Phi) is 7.13. The lowest BCUT2D eigenvalue weighted by Crippen LogP contribution is -2.52. The van der Waals surface area contributed by atoms with E-state index in [1.807, 2.05) is 13.8 Å². The summed E-state index contributed by atoms with van der Waals surface area (Å²) >= 11 is 0. The number of amides is 2. The van der Waals surface area contributed by atoms with E-state index in [4.69, 9.17) is 0 Å². The zero-order valence-electron chi connectivity index (χ0n) is 11.0. The fourth-order valence-corrected chi connectivity index (χ4v) is 1.53. The van der Waals surface area contributed by atoms with Gasteiger partial charge in [-0.05, 0) is 25.7 Å². The fraction of sp³-hybridized carbons (Fsp3) is 0.917. The van der Waals surface area contributed by atoms with Gasteiger partial charge in [0.15, 0.2) is 0 Å². The average Bonchev–Trinajstić information content (AvgIpc) is 2.17. The molecule has 0 heterocycles. The molecule has 0 rings (SSSR count). The highest BCUT2D eigenvalue weighted by Crippen LogP contribution is 2.10. The Morgan fingerprint density at radius 3 is 2.50 bits per heavy atom. The van der Waals surface area contributed by atoms with Crippen LogP contribution in [0.3, 0.4) is 0 Å². The lowest BCUT2D eigenvalue weighted by Gasteiger charge is -2.28. The molecule has 16 heavy (non-hydrogen) atoms. The second kappa shape index (κ2) is 7.49. The lowest BCUT2D eigenvalue weighted by molar-refractivity contribution is 0.163. The third-order valence-electron chi connectivity index (χ3n) is 2.57. The van der Waals surface area contributed by atoms with E-state index in [1.54, 1.807) is 0 Å². The fourth-order valence-electron chi connectivity index (χ4n) is 1.53. The molecule has 0 fully saturated rings. The molecule has 0 saturated heterocycles. The summed E-state index contributed by atoms with van der Waals surface area (Å²) in [6, 6.07) is -0.189. The molecule has 0 aromatic rings. The van der Waals surface area contributed by atoms with Crippen molar-refractivity contribution in [3.05, 3.63) is 0 Å². The van der Waals surface area contributed by atoms with Gasteiger partial charge in [-0.15, -0.1) is 0 Å². The molecule has 1 atom stereocenters. The SMILES string of the molecule is CCCC(C)(CO)NC(=O)NCCC(C)C. The molecule has 0 spiro atoms. The van der Waals surface area contributed by atoms with Crippen LogP contribution in [0.15, 0.2) is 0 Å². The molecule has 0 aliphatic carbocycles. The molecule has 2 amide bonds. The van der Waals surface area contributed by atoms with Crippen molar-refractivity contribution in [1.82, 2.24) is 10.6 Å². The van der Waals surface area contributed by atoms with Crippen molar-refractivity contribution in [2.75, 3.05) is 13.2 Å². The van der Waals surface area contributed by atoms with Gasteiger partial charge in [-0.2, -0.15) is 0 Å². The van der Waals surface area contributed by atoms with Gasteiger partial charge in [-0.1, -0.05) is 27.2 Å². The molecule has 0 aromatic heterocycles. The number of aliphatic hydroxyl groups is 1. The molecule has 3 N–H and O–H groups in total. The minimum absolute atomic E-state index is 0.0293.